The van der Waals surface area contributed by atoms with Gasteiger partial charge in [-0.05, 0) is 48.0 Å². The van der Waals surface area contributed by atoms with E-state index in [2.05, 4.69) is 16.4 Å². The fraction of sp³-hybridized carbons (Fsp3) is 0.308. The van der Waals surface area contributed by atoms with Gasteiger partial charge in [-0.2, -0.15) is 11.3 Å². The summed E-state index contributed by atoms with van der Waals surface area (Å²) in [6.07, 6.45) is 0.751. The van der Waals surface area contributed by atoms with E-state index in [1.165, 1.54) is 5.56 Å². The third-order valence-electron chi connectivity index (χ3n) is 2.43. The number of aromatic nitrogens is 1. The molecule has 0 aromatic carbocycles. The molecule has 2 rings (SSSR count). The summed E-state index contributed by atoms with van der Waals surface area (Å²) in [4.78, 5) is 4.46. The highest BCUT2D eigenvalue weighted by Crippen LogP contribution is 2.19. The first-order chi connectivity index (χ1) is 8.29. The van der Waals surface area contributed by atoms with Crippen molar-refractivity contribution in [2.24, 2.45) is 5.73 Å². The van der Waals surface area contributed by atoms with Gasteiger partial charge in [-0.1, -0.05) is 0 Å². The SMILES string of the molecule is Cc1ccc(OCc2ccsc2)c(CCN)n1. The van der Waals surface area contributed by atoms with Gasteiger partial charge < -0.3 is 10.5 Å². The number of rotatable bonds is 5. The Bertz CT molecular complexity index is 468. The number of nitrogens with zero attached hydrogens (tertiary/aromatic N) is 1. The fourth-order valence-corrected chi connectivity index (χ4v) is 2.23. The molecule has 17 heavy (non-hydrogen) atoms. The Kier molecular flexibility index (Phi) is 4.12. The summed E-state index contributed by atoms with van der Waals surface area (Å²) in [5.41, 5.74) is 8.71. The van der Waals surface area contributed by atoms with Crippen molar-refractivity contribution >= 4 is 11.3 Å². The molecular formula is C13H16N2OS. The van der Waals surface area contributed by atoms with E-state index in [1.807, 2.05) is 24.4 Å². The van der Waals surface area contributed by atoms with Gasteiger partial charge in [-0.3, -0.25) is 4.98 Å². The zero-order valence-corrected chi connectivity index (χ0v) is 10.7. The van der Waals surface area contributed by atoms with Gasteiger partial charge in [0.25, 0.3) is 0 Å². The van der Waals surface area contributed by atoms with E-state index in [-0.39, 0.29) is 0 Å². The molecule has 2 aromatic rings. The van der Waals surface area contributed by atoms with Crippen LogP contribution in [0.25, 0.3) is 0 Å². The van der Waals surface area contributed by atoms with Crippen LogP contribution in [0.1, 0.15) is 17.0 Å². The highest BCUT2D eigenvalue weighted by Gasteiger charge is 2.05. The Morgan fingerprint density at radius 2 is 2.24 bits per heavy atom. The van der Waals surface area contributed by atoms with E-state index in [0.717, 1.165) is 23.6 Å². The molecular weight excluding hydrogens is 232 g/mol. The van der Waals surface area contributed by atoms with E-state index in [0.29, 0.717) is 13.2 Å². The average Bonchev–Trinajstić information content (AvgIpc) is 2.81. The van der Waals surface area contributed by atoms with Crippen molar-refractivity contribution in [2.45, 2.75) is 20.0 Å². The first kappa shape index (κ1) is 12.1. The molecule has 0 aliphatic rings. The zero-order valence-electron chi connectivity index (χ0n) is 9.85. The van der Waals surface area contributed by atoms with Crippen molar-refractivity contribution in [3.63, 3.8) is 0 Å². The van der Waals surface area contributed by atoms with Crippen LogP contribution in [0.2, 0.25) is 0 Å². The molecule has 2 heterocycles. The highest BCUT2D eigenvalue weighted by molar-refractivity contribution is 7.07. The first-order valence-electron chi connectivity index (χ1n) is 5.60. The van der Waals surface area contributed by atoms with E-state index < -0.39 is 0 Å². The Balaban J connectivity index is 2.08. The number of ether oxygens (including phenoxy) is 1. The van der Waals surface area contributed by atoms with Crippen LogP contribution in [-0.4, -0.2) is 11.5 Å². The quantitative estimate of drug-likeness (QED) is 0.884. The highest BCUT2D eigenvalue weighted by atomic mass is 32.1. The molecule has 0 bridgehead atoms. The molecule has 0 aliphatic heterocycles. The monoisotopic (exact) mass is 248 g/mol. The van der Waals surface area contributed by atoms with E-state index >= 15 is 0 Å². The molecule has 0 atom stereocenters. The lowest BCUT2D eigenvalue weighted by Crippen LogP contribution is -2.07. The van der Waals surface area contributed by atoms with Crippen molar-refractivity contribution in [3.05, 3.63) is 45.9 Å². The molecule has 0 spiro atoms. The molecule has 0 amide bonds. The second kappa shape index (κ2) is 5.80. The van der Waals surface area contributed by atoms with Crippen molar-refractivity contribution < 1.29 is 4.74 Å². The topological polar surface area (TPSA) is 48.1 Å². The van der Waals surface area contributed by atoms with Gasteiger partial charge >= 0.3 is 0 Å². The van der Waals surface area contributed by atoms with Crippen LogP contribution >= 0.6 is 11.3 Å². The zero-order chi connectivity index (χ0) is 12.1. The van der Waals surface area contributed by atoms with Crippen molar-refractivity contribution in [3.8, 4) is 5.75 Å². The minimum absolute atomic E-state index is 0.589. The van der Waals surface area contributed by atoms with E-state index in [4.69, 9.17) is 10.5 Å². The summed E-state index contributed by atoms with van der Waals surface area (Å²) in [7, 11) is 0. The molecule has 3 nitrogen and oxygen atoms in total. The summed E-state index contributed by atoms with van der Waals surface area (Å²) in [5, 5.41) is 4.14. The Labute approximate surface area is 105 Å². The van der Waals surface area contributed by atoms with E-state index in [9.17, 15) is 0 Å². The number of pyridine rings is 1. The number of hydrogen-bond acceptors (Lipinski definition) is 4. The smallest absolute Gasteiger partial charge is 0.141 e. The molecule has 0 unspecified atom stereocenters. The van der Waals surface area contributed by atoms with Crippen molar-refractivity contribution in [1.82, 2.24) is 4.98 Å². The number of thiophene rings is 1. The second-order valence-electron chi connectivity index (χ2n) is 3.86. The van der Waals surface area contributed by atoms with Crippen LogP contribution in [0.3, 0.4) is 0 Å². The van der Waals surface area contributed by atoms with Crippen LogP contribution in [0.15, 0.2) is 29.0 Å². The molecule has 0 saturated heterocycles. The molecule has 2 N–H and O–H groups in total. The minimum Gasteiger partial charge on any atom is -0.487 e. The third-order valence-corrected chi connectivity index (χ3v) is 3.16. The minimum atomic E-state index is 0.589. The standard InChI is InChI=1S/C13H16N2OS/c1-10-2-3-13(12(15-10)4-6-14)16-8-11-5-7-17-9-11/h2-3,5,7,9H,4,6,8,14H2,1H3. The summed E-state index contributed by atoms with van der Waals surface area (Å²) in [5.74, 6) is 0.840. The van der Waals surface area contributed by atoms with Crippen LogP contribution in [0, 0.1) is 6.92 Å². The Morgan fingerprint density at radius 3 is 2.94 bits per heavy atom. The van der Waals surface area contributed by atoms with E-state index in [1.54, 1.807) is 11.3 Å². The predicted octanol–water partition coefficient (Wildman–Crippen LogP) is 2.53. The molecule has 90 valence electrons. The maximum Gasteiger partial charge on any atom is 0.141 e. The van der Waals surface area contributed by atoms with Gasteiger partial charge in [-0.15, -0.1) is 0 Å². The van der Waals surface area contributed by atoms with Gasteiger partial charge in [0.2, 0.25) is 0 Å². The van der Waals surface area contributed by atoms with Crippen LogP contribution in [0.5, 0.6) is 5.75 Å². The fourth-order valence-electron chi connectivity index (χ4n) is 1.58. The maximum absolute atomic E-state index is 5.78. The van der Waals surface area contributed by atoms with Gasteiger partial charge in [0.05, 0.1) is 5.69 Å². The Hall–Kier alpha value is -1.39. The summed E-state index contributed by atoms with van der Waals surface area (Å²) < 4.78 is 5.78. The maximum atomic E-state index is 5.78. The Morgan fingerprint density at radius 1 is 1.35 bits per heavy atom. The first-order valence-corrected chi connectivity index (χ1v) is 6.54. The molecule has 2 aromatic heterocycles. The van der Waals surface area contributed by atoms with Crippen LogP contribution < -0.4 is 10.5 Å². The molecule has 0 fully saturated rings. The molecule has 0 saturated carbocycles. The van der Waals surface area contributed by atoms with Gasteiger partial charge in [0.15, 0.2) is 0 Å². The second-order valence-corrected chi connectivity index (χ2v) is 4.64. The average molecular weight is 248 g/mol. The molecule has 0 radical (unpaired) electrons. The normalized spacial score (nSPS) is 10.5. The lowest BCUT2D eigenvalue weighted by atomic mass is 10.2. The van der Waals surface area contributed by atoms with Gasteiger partial charge in [0.1, 0.15) is 12.4 Å². The lowest BCUT2D eigenvalue weighted by Gasteiger charge is -2.10. The molecule has 4 heteroatoms. The summed E-state index contributed by atoms with van der Waals surface area (Å²) in [6, 6.07) is 6.00. The van der Waals surface area contributed by atoms with Crippen LogP contribution in [-0.2, 0) is 13.0 Å². The van der Waals surface area contributed by atoms with Crippen LogP contribution in [0.4, 0.5) is 0 Å². The largest absolute Gasteiger partial charge is 0.487 e. The number of nitrogens with two attached hydrogens (primary N) is 1. The molecule has 0 aliphatic carbocycles. The lowest BCUT2D eigenvalue weighted by molar-refractivity contribution is 0.301. The van der Waals surface area contributed by atoms with Gasteiger partial charge in [0, 0.05) is 12.1 Å². The van der Waals surface area contributed by atoms with Gasteiger partial charge in [-0.25, -0.2) is 0 Å². The van der Waals surface area contributed by atoms with Crippen molar-refractivity contribution in [1.29, 1.82) is 0 Å². The number of hydrogen-bond donors (Lipinski definition) is 1. The third kappa shape index (κ3) is 3.28. The van der Waals surface area contributed by atoms with Crippen molar-refractivity contribution in [2.75, 3.05) is 6.54 Å². The predicted molar refractivity (Wildman–Crippen MR) is 70.4 cm³/mol. The summed E-state index contributed by atoms with van der Waals surface area (Å²) in [6.45, 7) is 3.15. The summed E-state index contributed by atoms with van der Waals surface area (Å²) >= 11 is 1.68. The number of aryl methyl sites for hydroxylation is 1.